The van der Waals surface area contributed by atoms with Crippen LogP contribution < -0.4 is 10.6 Å². The highest BCUT2D eigenvalue weighted by molar-refractivity contribution is 6.33. The number of anilines is 1. The van der Waals surface area contributed by atoms with E-state index in [1.807, 2.05) is 6.92 Å². The standard InChI is InChI=1S/C12H13ClN4O2/c1-2-14-11-10(13)5-8(6-15-11)12(18)16-7-9-3-4-19-17-9/h3-6H,2,7H2,1H3,(H,14,15)(H,16,18). The van der Waals surface area contributed by atoms with Gasteiger partial charge in [-0.05, 0) is 13.0 Å². The van der Waals surface area contributed by atoms with E-state index in [9.17, 15) is 4.79 Å². The van der Waals surface area contributed by atoms with E-state index in [4.69, 9.17) is 11.6 Å². The van der Waals surface area contributed by atoms with Crippen molar-refractivity contribution in [1.82, 2.24) is 15.5 Å². The van der Waals surface area contributed by atoms with Crippen LogP contribution in [0.25, 0.3) is 0 Å². The zero-order chi connectivity index (χ0) is 13.7. The van der Waals surface area contributed by atoms with Gasteiger partial charge < -0.3 is 15.2 Å². The van der Waals surface area contributed by atoms with Gasteiger partial charge in [0.15, 0.2) is 0 Å². The Labute approximate surface area is 115 Å². The van der Waals surface area contributed by atoms with Gasteiger partial charge in [0.1, 0.15) is 17.8 Å². The molecule has 2 N–H and O–H groups in total. The molecule has 7 heteroatoms. The van der Waals surface area contributed by atoms with Crippen LogP contribution in [0, 0.1) is 0 Å². The lowest BCUT2D eigenvalue weighted by Crippen LogP contribution is -2.23. The van der Waals surface area contributed by atoms with E-state index in [0.717, 1.165) is 0 Å². The number of rotatable bonds is 5. The number of nitrogens with one attached hydrogen (secondary N) is 2. The molecule has 0 radical (unpaired) electrons. The highest BCUT2D eigenvalue weighted by Gasteiger charge is 2.10. The van der Waals surface area contributed by atoms with Crippen LogP contribution in [0.2, 0.25) is 5.02 Å². The van der Waals surface area contributed by atoms with E-state index in [-0.39, 0.29) is 5.91 Å². The van der Waals surface area contributed by atoms with Crippen molar-refractivity contribution in [3.63, 3.8) is 0 Å². The predicted octanol–water partition coefficient (Wildman–Crippen LogP) is 2.08. The molecular weight excluding hydrogens is 268 g/mol. The number of amides is 1. The number of hydrogen-bond acceptors (Lipinski definition) is 5. The minimum atomic E-state index is -0.263. The zero-order valence-corrected chi connectivity index (χ0v) is 11.1. The fourth-order valence-electron chi connectivity index (χ4n) is 1.46. The molecule has 0 saturated heterocycles. The first kappa shape index (κ1) is 13.4. The normalized spacial score (nSPS) is 10.2. The molecule has 2 rings (SSSR count). The Balaban J connectivity index is 2.01. The molecule has 6 nitrogen and oxygen atoms in total. The van der Waals surface area contributed by atoms with Crippen molar-refractivity contribution < 1.29 is 9.32 Å². The molecule has 0 saturated carbocycles. The summed E-state index contributed by atoms with van der Waals surface area (Å²) in [5.74, 6) is 0.303. The SMILES string of the molecule is CCNc1ncc(C(=O)NCc2ccon2)cc1Cl. The number of aromatic nitrogens is 2. The van der Waals surface area contributed by atoms with Gasteiger partial charge in [0.25, 0.3) is 5.91 Å². The molecule has 19 heavy (non-hydrogen) atoms. The van der Waals surface area contributed by atoms with E-state index in [2.05, 4.69) is 25.3 Å². The second-order valence-electron chi connectivity index (χ2n) is 3.76. The van der Waals surface area contributed by atoms with Crippen molar-refractivity contribution in [3.8, 4) is 0 Å². The van der Waals surface area contributed by atoms with E-state index in [0.29, 0.717) is 35.2 Å². The summed E-state index contributed by atoms with van der Waals surface area (Å²) in [5.41, 5.74) is 1.05. The van der Waals surface area contributed by atoms with Gasteiger partial charge in [-0.1, -0.05) is 16.8 Å². The summed E-state index contributed by atoms with van der Waals surface area (Å²) in [6.45, 7) is 2.95. The second-order valence-corrected chi connectivity index (χ2v) is 4.17. The number of pyridine rings is 1. The minimum Gasteiger partial charge on any atom is -0.369 e. The molecule has 0 aliphatic carbocycles. The molecule has 100 valence electrons. The van der Waals surface area contributed by atoms with Crippen molar-refractivity contribution in [2.45, 2.75) is 13.5 Å². The Bertz CT molecular complexity index is 557. The van der Waals surface area contributed by atoms with Gasteiger partial charge in [-0.15, -0.1) is 0 Å². The monoisotopic (exact) mass is 280 g/mol. The first-order valence-corrected chi connectivity index (χ1v) is 6.15. The number of nitrogens with zero attached hydrogens (tertiary/aromatic N) is 2. The average Bonchev–Trinajstić information content (AvgIpc) is 2.91. The summed E-state index contributed by atoms with van der Waals surface area (Å²) in [6, 6.07) is 3.25. The molecule has 0 bridgehead atoms. The molecule has 1 amide bonds. The topological polar surface area (TPSA) is 80.0 Å². The van der Waals surface area contributed by atoms with Crippen LogP contribution >= 0.6 is 11.6 Å². The molecule has 0 fully saturated rings. The van der Waals surface area contributed by atoms with Crippen LogP contribution in [-0.4, -0.2) is 22.6 Å². The van der Waals surface area contributed by atoms with Crippen molar-refractivity contribution in [2.75, 3.05) is 11.9 Å². The number of carbonyl (C=O) groups is 1. The van der Waals surface area contributed by atoms with Gasteiger partial charge >= 0.3 is 0 Å². The highest BCUT2D eigenvalue weighted by Crippen LogP contribution is 2.19. The summed E-state index contributed by atoms with van der Waals surface area (Å²) in [4.78, 5) is 16.0. The van der Waals surface area contributed by atoms with E-state index in [1.54, 1.807) is 12.1 Å². The lowest BCUT2D eigenvalue weighted by Gasteiger charge is -2.07. The van der Waals surface area contributed by atoms with Crippen molar-refractivity contribution >= 4 is 23.3 Å². The van der Waals surface area contributed by atoms with Crippen molar-refractivity contribution in [1.29, 1.82) is 0 Å². The fourth-order valence-corrected chi connectivity index (χ4v) is 1.69. The van der Waals surface area contributed by atoms with Gasteiger partial charge in [0.05, 0.1) is 17.1 Å². The third-order valence-electron chi connectivity index (χ3n) is 2.37. The molecule has 2 aromatic rings. The van der Waals surface area contributed by atoms with Gasteiger partial charge in [0.2, 0.25) is 0 Å². The maximum absolute atomic E-state index is 11.9. The summed E-state index contributed by atoms with van der Waals surface area (Å²) >= 11 is 6.02. The van der Waals surface area contributed by atoms with Crippen LogP contribution in [0.5, 0.6) is 0 Å². The number of hydrogen-bond donors (Lipinski definition) is 2. The van der Waals surface area contributed by atoms with Crippen LogP contribution in [0.3, 0.4) is 0 Å². The Morgan fingerprint density at radius 2 is 2.37 bits per heavy atom. The van der Waals surface area contributed by atoms with Gasteiger partial charge in [-0.25, -0.2) is 4.98 Å². The fraction of sp³-hybridized carbons (Fsp3) is 0.250. The van der Waals surface area contributed by atoms with E-state index >= 15 is 0 Å². The number of carbonyl (C=O) groups excluding carboxylic acids is 1. The quantitative estimate of drug-likeness (QED) is 0.876. The molecule has 0 atom stereocenters. The van der Waals surface area contributed by atoms with Crippen LogP contribution in [0.1, 0.15) is 23.0 Å². The van der Waals surface area contributed by atoms with Gasteiger partial charge in [-0.2, -0.15) is 0 Å². The van der Waals surface area contributed by atoms with Crippen LogP contribution in [-0.2, 0) is 6.54 Å². The van der Waals surface area contributed by atoms with E-state index in [1.165, 1.54) is 12.5 Å². The van der Waals surface area contributed by atoms with Crippen molar-refractivity contribution in [3.05, 3.63) is 40.9 Å². The molecule has 0 aromatic carbocycles. The first-order valence-electron chi connectivity index (χ1n) is 5.77. The Kier molecular flexibility index (Phi) is 4.35. The van der Waals surface area contributed by atoms with Crippen LogP contribution in [0.4, 0.5) is 5.82 Å². The summed E-state index contributed by atoms with van der Waals surface area (Å²) in [6.07, 6.45) is 2.92. The Morgan fingerprint density at radius 1 is 1.53 bits per heavy atom. The third-order valence-corrected chi connectivity index (χ3v) is 2.66. The highest BCUT2D eigenvalue weighted by atomic mass is 35.5. The maximum atomic E-state index is 11.9. The molecule has 0 aliphatic rings. The zero-order valence-electron chi connectivity index (χ0n) is 10.3. The van der Waals surface area contributed by atoms with E-state index < -0.39 is 0 Å². The van der Waals surface area contributed by atoms with Crippen molar-refractivity contribution in [2.24, 2.45) is 0 Å². The van der Waals surface area contributed by atoms with Gasteiger partial charge in [-0.3, -0.25) is 4.79 Å². The summed E-state index contributed by atoms with van der Waals surface area (Å²) in [5, 5.41) is 9.81. The largest absolute Gasteiger partial charge is 0.369 e. The molecular formula is C12H13ClN4O2. The summed E-state index contributed by atoms with van der Waals surface area (Å²) < 4.78 is 4.67. The summed E-state index contributed by atoms with van der Waals surface area (Å²) in [7, 11) is 0. The predicted molar refractivity (Wildman–Crippen MR) is 71.1 cm³/mol. The van der Waals surface area contributed by atoms with Gasteiger partial charge in [0, 0.05) is 18.8 Å². The number of halogens is 1. The first-order chi connectivity index (χ1) is 9.20. The smallest absolute Gasteiger partial charge is 0.253 e. The molecule has 0 aliphatic heterocycles. The lowest BCUT2D eigenvalue weighted by molar-refractivity contribution is 0.0950. The third kappa shape index (κ3) is 3.45. The minimum absolute atomic E-state index is 0.263. The molecule has 0 spiro atoms. The Hall–Kier alpha value is -2.08. The average molecular weight is 281 g/mol. The maximum Gasteiger partial charge on any atom is 0.253 e. The van der Waals surface area contributed by atoms with Crippen LogP contribution in [0.15, 0.2) is 29.1 Å². The molecule has 2 heterocycles. The Morgan fingerprint density at radius 3 is 3.00 bits per heavy atom. The molecule has 2 aromatic heterocycles. The lowest BCUT2D eigenvalue weighted by atomic mass is 10.2. The second kappa shape index (κ2) is 6.19. The molecule has 0 unspecified atom stereocenters.